The van der Waals surface area contributed by atoms with E-state index in [1.807, 2.05) is 49.4 Å². The molecule has 0 fully saturated rings. The highest BCUT2D eigenvalue weighted by molar-refractivity contribution is 6.35. The van der Waals surface area contributed by atoms with Gasteiger partial charge >= 0.3 is 0 Å². The van der Waals surface area contributed by atoms with Gasteiger partial charge in [-0.15, -0.1) is 0 Å². The molecule has 0 unspecified atom stereocenters. The number of rotatable bonds is 5. The van der Waals surface area contributed by atoms with Gasteiger partial charge < -0.3 is 19.1 Å². The van der Waals surface area contributed by atoms with Crippen LogP contribution in [0.1, 0.15) is 18.1 Å². The summed E-state index contributed by atoms with van der Waals surface area (Å²) in [6.07, 6.45) is 1.86. The molecule has 0 saturated heterocycles. The van der Waals surface area contributed by atoms with Gasteiger partial charge in [-0.1, -0.05) is 18.2 Å². The van der Waals surface area contributed by atoms with Gasteiger partial charge in [-0.2, -0.15) is 0 Å². The summed E-state index contributed by atoms with van der Waals surface area (Å²) in [4.78, 5) is 14.6. The Morgan fingerprint density at radius 1 is 1.00 bits per heavy atom. The normalized spacial score (nSPS) is 14.6. The summed E-state index contributed by atoms with van der Waals surface area (Å²) >= 11 is 0. The maximum absolute atomic E-state index is 12.8. The van der Waals surface area contributed by atoms with Crippen molar-refractivity contribution < 1.29 is 19.0 Å². The third kappa shape index (κ3) is 2.82. The van der Waals surface area contributed by atoms with Crippen molar-refractivity contribution in [1.82, 2.24) is 0 Å². The van der Waals surface area contributed by atoms with Crippen LogP contribution in [0.2, 0.25) is 0 Å². The Hall–Kier alpha value is -2.95. The highest BCUT2D eigenvalue weighted by atomic mass is 16.5. The molecule has 0 aromatic heterocycles. The summed E-state index contributed by atoms with van der Waals surface area (Å²) in [5, 5.41) is 0. The minimum Gasteiger partial charge on any atom is -0.493 e. The molecule has 0 saturated carbocycles. The Kier molecular flexibility index (Phi) is 4.65. The first kappa shape index (κ1) is 16.9. The average molecular weight is 339 g/mol. The molecule has 2 aromatic carbocycles. The first-order valence-corrected chi connectivity index (χ1v) is 8.07. The molecule has 1 aliphatic rings. The van der Waals surface area contributed by atoms with Gasteiger partial charge in [-0.05, 0) is 36.8 Å². The van der Waals surface area contributed by atoms with Crippen LogP contribution in [0.5, 0.6) is 17.2 Å². The molecule has 1 heterocycles. The second-order valence-electron chi connectivity index (χ2n) is 5.58. The van der Waals surface area contributed by atoms with Crippen LogP contribution >= 0.6 is 0 Å². The SMILES string of the molecule is CCN1C(=O)C(=Cc2cc(OC)c(OC)c(OC)c2)c2ccccc21. The second kappa shape index (κ2) is 6.89. The second-order valence-corrected chi connectivity index (χ2v) is 5.58. The smallest absolute Gasteiger partial charge is 0.258 e. The number of hydrogen-bond donors (Lipinski definition) is 0. The van der Waals surface area contributed by atoms with Gasteiger partial charge in [0.15, 0.2) is 11.5 Å². The predicted octanol–water partition coefficient (Wildman–Crippen LogP) is 3.62. The Balaban J connectivity index is 2.14. The molecule has 0 spiro atoms. The van der Waals surface area contributed by atoms with Gasteiger partial charge in [0.25, 0.3) is 5.91 Å². The molecule has 2 aromatic rings. The van der Waals surface area contributed by atoms with Gasteiger partial charge in [-0.3, -0.25) is 4.79 Å². The highest BCUT2D eigenvalue weighted by Gasteiger charge is 2.30. The molecule has 0 atom stereocenters. The van der Waals surface area contributed by atoms with Crippen molar-refractivity contribution >= 4 is 23.2 Å². The van der Waals surface area contributed by atoms with Crippen LogP contribution in [0.15, 0.2) is 36.4 Å². The van der Waals surface area contributed by atoms with Gasteiger partial charge in [0.05, 0.1) is 27.0 Å². The van der Waals surface area contributed by atoms with Crippen molar-refractivity contribution in [3.05, 3.63) is 47.5 Å². The molecule has 5 heteroatoms. The molecule has 1 aliphatic heterocycles. The lowest BCUT2D eigenvalue weighted by atomic mass is 10.0. The molecule has 5 nitrogen and oxygen atoms in total. The van der Waals surface area contributed by atoms with Crippen molar-refractivity contribution in [2.45, 2.75) is 6.92 Å². The Morgan fingerprint density at radius 3 is 2.20 bits per heavy atom. The molecular formula is C20H21NO4. The zero-order valence-corrected chi connectivity index (χ0v) is 14.8. The lowest BCUT2D eigenvalue weighted by molar-refractivity contribution is -0.112. The molecule has 0 aliphatic carbocycles. The predicted molar refractivity (Wildman–Crippen MR) is 98.4 cm³/mol. The maximum atomic E-state index is 12.8. The van der Waals surface area contributed by atoms with E-state index >= 15 is 0 Å². The first-order valence-electron chi connectivity index (χ1n) is 8.07. The number of fused-ring (bicyclic) bond motifs is 1. The number of carbonyl (C=O) groups is 1. The molecule has 3 rings (SSSR count). The topological polar surface area (TPSA) is 48.0 Å². The quantitative estimate of drug-likeness (QED) is 0.781. The summed E-state index contributed by atoms with van der Waals surface area (Å²) in [6.45, 7) is 2.60. The number of nitrogens with zero attached hydrogens (tertiary/aromatic N) is 1. The van der Waals surface area contributed by atoms with Crippen molar-refractivity contribution in [1.29, 1.82) is 0 Å². The van der Waals surface area contributed by atoms with Crippen LogP contribution < -0.4 is 19.1 Å². The van der Waals surface area contributed by atoms with Gasteiger partial charge in [0.1, 0.15) is 0 Å². The van der Waals surface area contributed by atoms with E-state index in [1.54, 1.807) is 26.2 Å². The summed E-state index contributed by atoms with van der Waals surface area (Å²) < 4.78 is 16.1. The summed E-state index contributed by atoms with van der Waals surface area (Å²) in [7, 11) is 4.71. The van der Waals surface area contributed by atoms with E-state index < -0.39 is 0 Å². The number of hydrogen-bond acceptors (Lipinski definition) is 4. The number of anilines is 1. The highest BCUT2D eigenvalue weighted by Crippen LogP contribution is 2.41. The zero-order valence-electron chi connectivity index (χ0n) is 14.8. The minimum absolute atomic E-state index is 0.00236. The fourth-order valence-corrected chi connectivity index (χ4v) is 3.11. The molecule has 1 amide bonds. The Bertz CT molecular complexity index is 816. The number of likely N-dealkylation sites (N-methyl/N-ethyl adjacent to an activating group) is 1. The van der Waals surface area contributed by atoms with E-state index in [-0.39, 0.29) is 5.91 Å². The van der Waals surface area contributed by atoms with E-state index in [9.17, 15) is 4.79 Å². The molecule has 0 N–H and O–H groups in total. The largest absolute Gasteiger partial charge is 0.493 e. The van der Waals surface area contributed by atoms with Crippen LogP contribution in [0.3, 0.4) is 0 Å². The Labute approximate surface area is 147 Å². The van der Waals surface area contributed by atoms with E-state index in [0.29, 0.717) is 29.4 Å². The standard InChI is InChI=1S/C20H21NO4/c1-5-21-16-9-7-6-8-14(16)15(20(21)22)10-13-11-17(23-2)19(25-4)18(12-13)24-3/h6-12H,5H2,1-4H3. The number of methoxy groups -OCH3 is 3. The number of amides is 1. The lowest BCUT2D eigenvalue weighted by Crippen LogP contribution is -2.25. The fourth-order valence-electron chi connectivity index (χ4n) is 3.11. The number of benzene rings is 2. The number of ether oxygens (including phenoxy) is 3. The van der Waals surface area contributed by atoms with Gasteiger partial charge in [-0.25, -0.2) is 0 Å². The monoisotopic (exact) mass is 339 g/mol. The summed E-state index contributed by atoms with van der Waals surface area (Å²) in [5.41, 5.74) is 3.34. The zero-order chi connectivity index (χ0) is 18.0. The maximum Gasteiger partial charge on any atom is 0.258 e. The molecular weight excluding hydrogens is 318 g/mol. The molecule has 25 heavy (non-hydrogen) atoms. The van der Waals surface area contributed by atoms with Gasteiger partial charge in [0, 0.05) is 17.7 Å². The van der Waals surface area contributed by atoms with E-state index in [4.69, 9.17) is 14.2 Å². The van der Waals surface area contributed by atoms with Gasteiger partial charge in [0.2, 0.25) is 5.75 Å². The van der Waals surface area contributed by atoms with Crippen LogP contribution in [0, 0.1) is 0 Å². The van der Waals surface area contributed by atoms with E-state index in [2.05, 4.69) is 0 Å². The van der Waals surface area contributed by atoms with Crippen molar-refractivity contribution in [2.24, 2.45) is 0 Å². The minimum atomic E-state index is -0.00236. The van der Waals surface area contributed by atoms with Crippen LogP contribution in [-0.4, -0.2) is 33.8 Å². The first-order chi connectivity index (χ1) is 12.1. The third-order valence-corrected chi connectivity index (χ3v) is 4.27. The number of para-hydroxylation sites is 1. The van der Waals surface area contributed by atoms with Crippen molar-refractivity contribution in [3.63, 3.8) is 0 Å². The van der Waals surface area contributed by atoms with Crippen LogP contribution in [-0.2, 0) is 4.79 Å². The molecule has 0 radical (unpaired) electrons. The van der Waals surface area contributed by atoms with Crippen molar-refractivity contribution in [3.8, 4) is 17.2 Å². The van der Waals surface area contributed by atoms with E-state index in [1.165, 1.54) is 0 Å². The van der Waals surface area contributed by atoms with Crippen LogP contribution in [0.25, 0.3) is 11.6 Å². The fraction of sp³-hybridized carbons (Fsp3) is 0.250. The summed E-state index contributed by atoms with van der Waals surface area (Å²) in [5.74, 6) is 1.64. The van der Waals surface area contributed by atoms with Crippen LogP contribution in [0.4, 0.5) is 5.69 Å². The lowest BCUT2D eigenvalue weighted by Gasteiger charge is -2.14. The van der Waals surface area contributed by atoms with Crippen molar-refractivity contribution in [2.75, 3.05) is 32.8 Å². The summed E-state index contributed by atoms with van der Waals surface area (Å²) in [6, 6.07) is 11.5. The third-order valence-electron chi connectivity index (χ3n) is 4.27. The van der Waals surface area contributed by atoms with E-state index in [0.717, 1.165) is 16.8 Å². The Morgan fingerprint density at radius 2 is 1.64 bits per heavy atom. The average Bonchev–Trinajstić information content (AvgIpc) is 2.92. The number of carbonyl (C=O) groups excluding carboxylic acids is 1. The molecule has 0 bridgehead atoms. The molecule has 130 valence electrons.